The number of carboxylic acids is 1. The molecule has 2 rings (SSSR count). The quantitative estimate of drug-likeness (QED) is 0.926. The molecule has 0 amide bonds. The fourth-order valence-corrected chi connectivity index (χ4v) is 2.18. The maximum Gasteiger partial charge on any atom is 0.310 e. The first-order valence-electron chi connectivity index (χ1n) is 6.07. The summed E-state index contributed by atoms with van der Waals surface area (Å²) in [5.74, 6) is -0.336. The molecule has 0 fully saturated rings. The Kier molecular flexibility index (Phi) is 3.89. The van der Waals surface area contributed by atoms with Crippen molar-refractivity contribution in [1.82, 2.24) is 20.2 Å². The van der Waals surface area contributed by atoms with E-state index in [1.807, 2.05) is 25.1 Å². The smallest absolute Gasteiger partial charge is 0.310 e. The van der Waals surface area contributed by atoms with Crippen LogP contribution in [-0.4, -0.2) is 31.3 Å². The molecule has 7 heteroatoms. The van der Waals surface area contributed by atoms with E-state index in [1.54, 1.807) is 13.8 Å². The Hall–Kier alpha value is -1.76. The molecule has 0 spiro atoms. The number of hydrogen-bond acceptors (Lipinski definition) is 4. The summed E-state index contributed by atoms with van der Waals surface area (Å²) < 4.78 is 2.39. The van der Waals surface area contributed by atoms with E-state index < -0.39 is 11.4 Å². The zero-order valence-corrected chi connectivity index (χ0v) is 13.0. The normalized spacial score (nSPS) is 11.6. The topological polar surface area (TPSA) is 80.9 Å². The number of tetrazole rings is 1. The zero-order chi connectivity index (χ0) is 14.9. The van der Waals surface area contributed by atoms with Crippen LogP contribution >= 0.6 is 15.9 Å². The third-order valence-corrected chi connectivity index (χ3v) is 3.71. The van der Waals surface area contributed by atoms with Gasteiger partial charge in [0.1, 0.15) is 0 Å². The van der Waals surface area contributed by atoms with Gasteiger partial charge in [-0.2, -0.15) is 0 Å². The van der Waals surface area contributed by atoms with Gasteiger partial charge in [-0.25, -0.2) is 4.68 Å². The van der Waals surface area contributed by atoms with Crippen LogP contribution in [0.3, 0.4) is 0 Å². The molecule has 1 N–H and O–H groups in total. The molecule has 0 radical (unpaired) electrons. The van der Waals surface area contributed by atoms with Crippen molar-refractivity contribution < 1.29 is 9.90 Å². The molecule has 0 aliphatic rings. The first-order valence-corrected chi connectivity index (χ1v) is 6.86. The molecule has 2 aromatic rings. The van der Waals surface area contributed by atoms with Crippen LogP contribution < -0.4 is 0 Å². The first kappa shape index (κ1) is 14.6. The summed E-state index contributed by atoms with van der Waals surface area (Å²) in [5, 5.41) is 20.8. The lowest BCUT2D eigenvalue weighted by atomic mass is 9.94. The molecule has 0 aliphatic heterocycles. The Balaban J connectivity index is 2.43. The van der Waals surface area contributed by atoms with Gasteiger partial charge in [0.15, 0.2) is 5.82 Å². The molecule has 1 aromatic carbocycles. The first-order chi connectivity index (χ1) is 9.31. The molecule has 20 heavy (non-hydrogen) atoms. The SMILES string of the molecule is Cc1ccc(Br)c(-c2nnnn2CC(C)(C)C(=O)O)c1. The fourth-order valence-electron chi connectivity index (χ4n) is 1.76. The summed E-state index contributed by atoms with van der Waals surface area (Å²) in [7, 11) is 0. The zero-order valence-electron chi connectivity index (χ0n) is 11.5. The summed E-state index contributed by atoms with van der Waals surface area (Å²) >= 11 is 3.47. The number of aromatic nitrogens is 4. The molecular weight excluding hydrogens is 324 g/mol. The molecule has 6 nitrogen and oxygen atoms in total. The van der Waals surface area contributed by atoms with Crippen molar-refractivity contribution in [2.75, 3.05) is 0 Å². The van der Waals surface area contributed by atoms with E-state index in [-0.39, 0.29) is 6.54 Å². The van der Waals surface area contributed by atoms with E-state index in [2.05, 4.69) is 31.5 Å². The Labute approximate surface area is 124 Å². The van der Waals surface area contributed by atoms with Crippen LogP contribution in [0.15, 0.2) is 22.7 Å². The Morgan fingerprint density at radius 1 is 1.45 bits per heavy atom. The number of halogens is 1. The number of nitrogens with zero attached hydrogens (tertiary/aromatic N) is 4. The second-order valence-corrected chi connectivity index (χ2v) is 6.19. The predicted molar refractivity (Wildman–Crippen MR) is 77.1 cm³/mol. The molecular formula is C13H15BrN4O2. The molecule has 106 valence electrons. The average Bonchev–Trinajstić information content (AvgIpc) is 2.79. The minimum Gasteiger partial charge on any atom is -0.481 e. The fraction of sp³-hybridized carbons (Fsp3) is 0.385. The monoisotopic (exact) mass is 338 g/mol. The van der Waals surface area contributed by atoms with Gasteiger partial charge in [-0.3, -0.25) is 4.79 Å². The molecule has 0 unspecified atom stereocenters. The summed E-state index contributed by atoms with van der Waals surface area (Å²) in [6.07, 6.45) is 0. The largest absolute Gasteiger partial charge is 0.481 e. The van der Waals surface area contributed by atoms with Crippen molar-refractivity contribution >= 4 is 21.9 Å². The molecule has 0 saturated heterocycles. The van der Waals surface area contributed by atoms with Crippen molar-refractivity contribution in [1.29, 1.82) is 0 Å². The number of aliphatic carboxylic acids is 1. The van der Waals surface area contributed by atoms with E-state index in [0.717, 1.165) is 15.6 Å². The van der Waals surface area contributed by atoms with Crippen molar-refractivity contribution in [3.05, 3.63) is 28.2 Å². The van der Waals surface area contributed by atoms with Gasteiger partial charge >= 0.3 is 5.97 Å². The van der Waals surface area contributed by atoms with Gasteiger partial charge in [0, 0.05) is 10.0 Å². The molecule has 1 heterocycles. The minimum absolute atomic E-state index is 0.199. The van der Waals surface area contributed by atoms with Crippen molar-refractivity contribution in [3.63, 3.8) is 0 Å². The number of aryl methyl sites for hydroxylation is 1. The maximum atomic E-state index is 11.2. The van der Waals surface area contributed by atoms with Crippen LogP contribution in [0.5, 0.6) is 0 Å². The second kappa shape index (κ2) is 5.32. The number of hydrogen-bond donors (Lipinski definition) is 1. The van der Waals surface area contributed by atoms with Crippen LogP contribution in [-0.2, 0) is 11.3 Å². The van der Waals surface area contributed by atoms with E-state index in [9.17, 15) is 9.90 Å². The highest BCUT2D eigenvalue weighted by Crippen LogP contribution is 2.28. The highest BCUT2D eigenvalue weighted by molar-refractivity contribution is 9.10. The van der Waals surface area contributed by atoms with E-state index >= 15 is 0 Å². The highest BCUT2D eigenvalue weighted by atomic mass is 79.9. The minimum atomic E-state index is -0.944. The lowest BCUT2D eigenvalue weighted by Gasteiger charge is -2.19. The lowest BCUT2D eigenvalue weighted by molar-refractivity contribution is -0.147. The third-order valence-electron chi connectivity index (χ3n) is 3.02. The molecule has 0 bridgehead atoms. The van der Waals surface area contributed by atoms with Gasteiger partial charge in [0.2, 0.25) is 0 Å². The van der Waals surface area contributed by atoms with Crippen LogP contribution in [0.1, 0.15) is 19.4 Å². The lowest BCUT2D eigenvalue weighted by Crippen LogP contribution is -2.30. The Morgan fingerprint density at radius 3 is 2.80 bits per heavy atom. The predicted octanol–water partition coefficient (Wildman–Crippen LogP) is 2.52. The van der Waals surface area contributed by atoms with Crippen molar-refractivity contribution in [3.8, 4) is 11.4 Å². The van der Waals surface area contributed by atoms with Gasteiger partial charge in [-0.1, -0.05) is 27.6 Å². The van der Waals surface area contributed by atoms with Gasteiger partial charge in [0.25, 0.3) is 0 Å². The summed E-state index contributed by atoms with van der Waals surface area (Å²) in [5.41, 5.74) is 0.979. The molecule has 0 aliphatic carbocycles. The number of carboxylic acid groups (broad SMARTS) is 1. The number of carbonyl (C=O) groups is 1. The van der Waals surface area contributed by atoms with Gasteiger partial charge < -0.3 is 5.11 Å². The van der Waals surface area contributed by atoms with Gasteiger partial charge in [0.05, 0.1) is 12.0 Å². The van der Waals surface area contributed by atoms with Crippen molar-refractivity contribution in [2.24, 2.45) is 5.41 Å². The van der Waals surface area contributed by atoms with Crippen LogP contribution in [0, 0.1) is 12.3 Å². The summed E-state index contributed by atoms with van der Waals surface area (Å²) in [6, 6.07) is 5.86. The third kappa shape index (κ3) is 2.87. The van der Waals surface area contributed by atoms with E-state index in [4.69, 9.17) is 0 Å². The standard InChI is InChI=1S/C13H15BrN4O2/c1-8-4-5-10(14)9(6-8)11-15-16-17-18(11)7-13(2,3)12(19)20/h4-6H,7H2,1-3H3,(H,19,20). The number of benzene rings is 1. The summed E-state index contributed by atoms with van der Waals surface area (Å²) in [6.45, 7) is 5.47. The molecule has 0 saturated carbocycles. The van der Waals surface area contributed by atoms with E-state index in [1.165, 1.54) is 4.68 Å². The Bertz CT molecular complexity index is 652. The summed E-state index contributed by atoms with van der Waals surface area (Å²) in [4.78, 5) is 11.2. The van der Waals surface area contributed by atoms with Gasteiger partial charge in [-0.15, -0.1) is 5.10 Å². The van der Waals surface area contributed by atoms with E-state index in [0.29, 0.717) is 5.82 Å². The molecule has 1 aromatic heterocycles. The molecule has 0 atom stereocenters. The van der Waals surface area contributed by atoms with Crippen LogP contribution in [0.4, 0.5) is 0 Å². The van der Waals surface area contributed by atoms with Crippen molar-refractivity contribution in [2.45, 2.75) is 27.3 Å². The van der Waals surface area contributed by atoms with Gasteiger partial charge in [-0.05, 0) is 43.3 Å². The average molecular weight is 339 g/mol. The van der Waals surface area contributed by atoms with Crippen LogP contribution in [0.2, 0.25) is 0 Å². The Morgan fingerprint density at radius 2 is 2.15 bits per heavy atom. The van der Waals surface area contributed by atoms with Crippen LogP contribution in [0.25, 0.3) is 11.4 Å². The second-order valence-electron chi connectivity index (χ2n) is 5.33. The number of rotatable bonds is 4. The highest BCUT2D eigenvalue weighted by Gasteiger charge is 2.29. The maximum absolute atomic E-state index is 11.2.